The summed E-state index contributed by atoms with van der Waals surface area (Å²) in [6.45, 7) is 5.87. The van der Waals surface area contributed by atoms with E-state index in [2.05, 4.69) is 37.1 Å². The van der Waals surface area contributed by atoms with Crippen molar-refractivity contribution in [2.45, 2.75) is 33.4 Å². The molecule has 242 valence electrons. The molecule has 1 aliphatic rings. The quantitative estimate of drug-likeness (QED) is 0.119. The van der Waals surface area contributed by atoms with Crippen LogP contribution in [-0.2, 0) is 20.9 Å². The van der Waals surface area contributed by atoms with Crippen molar-refractivity contribution in [2.75, 3.05) is 26.9 Å². The summed E-state index contributed by atoms with van der Waals surface area (Å²) in [6, 6.07) is 16.9. The monoisotopic (exact) mass is 694 g/mol. The molecule has 1 atom stereocenters. The lowest BCUT2D eigenvalue weighted by atomic mass is 9.95. The van der Waals surface area contributed by atoms with Gasteiger partial charge in [0.1, 0.15) is 6.61 Å². The highest BCUT2D eigenvalue weighted by Gasteiger charge is 2.32. The van der Waals surface area contributed by atoms with Gasteiger partial charge < -0.3 is 34.3 Å². The minimum absolute atomic E-state index is 0.182. The lowest BCUT2D eigenvalue weighted by molar-refractivity contribution is -0.139. The van der Waals surface area contributed by atoms with E-state index in [1.54, 1.807) is 50.2 Å². The van der Waals surface area contributed by atoms with Crippen LogP contribution < -0.4 is 35.0 Å². The molecule has 0 bridgehead atoms. The Hall–Kier alpha value is -5.04. The van der Waals surface area contributed by atoms with E-state index < -0.39 is 23.9 Å². The number of ether oxygens (including phenoxy) is 5. The number of hydrogen-bond acceptors (Lipinski definition) is 9. The summed E-state index contributed by atoms with van der Waals surface area (Å²) in [5.74, 6) is 0.667. The molecule has 3 aromatic carbocycles. The molecule has 1 heterocycles. The van der Waals surface area contributed by atoms with Crippen molar-refractivity contribution in [1.82, 2.24) is 16.1 Å². The molecular weight excluding hydrogens is 660 g/mol. The summed E-state index contributed by atoms with van der Waals surface area (Å²) in [5, 5.41) is 9.36. The molecule has 0 saturated heterocycles. The van der Waals surface area contributed by atoms with E-state index >= 15 is 0 Å². The Morgan fingerprint density at radius 1 is 0.935 bits per heavy atom. The summed E-state index contributed by atoms with van der Waals surface area (Å²) >= 11 is 3.43. The van der Waals surface area contributed by atoms with Crippen LogP contribution in [0.2, 0.25) is 0 Å². The Bertz CT molecular complexity index is 1620. The Morgan fingerprint density at radius 2 is 1.67 bits per heavy atom. The van der Waals surface area contributed by atoms with Gasteiger partial charge in [-0.1, -0.05) is 34.1 Å². The van der Waals surface area contributed by atoms with Gasteiger partial charge in [-0.15, -0.1) is 0 Å². The highest BCUT2D eigenvalue weighted by atomic mass is 79.9. The topological polar surface area (TPSA) is 146 Å². The number of allylic oxidation sites excluding steroid dienone is 1. The van der Waals surface area contributed by atoms with Crippen molar-refractivity contribution in [3.63, 3.8) is 0 Å². The first-order valence-corrected chi connectivity index (χ1v) is 15.2. The van der Waals surface area contributed by atoms with E-state index in [0.717, 1.165) is 10.0 Å². The summed E-state index contributed by atoms with van der Waals surface area (Å²) in [5.41, 5.74) is 5.36. The fourth-order valence-electron chi connectivity index (χ4n) is 4.49. The van der Waals surface area contributed by atoms with Crippen LogP contribution in [0.3, 0.4) is 0 Å². The number of carbonyl (C=O) groups is 3. The molecule has 0 spiro atoms. The van der Waals surface area contributed by atoms with Gasteiger partial charge in [0, 0.05) is 10.2 Å². The molecule has 0 unspecified atom stereocenters. The lowest BCUT2D eigenvalue weighted by Crippen LogP contribution is -2.45. The standard InChI is InChI=1S/C33H35BrN4O8/c1-5-43-28-15-22(9-13-26(28)45-18-21-7-11-24(34)12-8-21)17-35-38-29(39)19-46-25-14-10-23(16-27(25)42-4)31-30(32(40)44-6-2)20(3)36-33(41)37-31/h7-17,31H,5-6,18-19H2,1-4H3,(H,38,39)(H2,36,37,41)/b35-17-/t31-/m1/s1. The second-order valence-electron chi connectivity index (χ2n) is 9.84. The highest BCUT2D eigenvalue weighted by Crippen LogP contribution is 2.35. The van der Waals surface area contributed by atoms with E-state index in [0.29, 0.717) is 47.3 Å². The van der Waals surface area contributed by atoms with Crippen molar-refractivity contribution in [3.8, 4) is 23.0 Å². The smallest absolute Gasteiger partial charge is 0.338 e. The van der Waals surface area contributed by atoms with E-state index in [1.165, 1.54) is 13.3 Å². The van der Waals surface area contributed by atoms with Crippen LogP contribution in [0.1, 0.15) is 43.5 Å². The van der Waals surface area contributed by atoms with Crippen molar-refractivity contribution >= 4 is 40.1 Å². The Balaban J connectivity index is 1.36. The van der Waals surface area contributed by atoms with Gasteiger partial charge in [0.2, 0.25) is 0 Å². The molecule has 0 saturated carbocycles. The fraction of sp³-hybridized carbons (Fsp3) is 0.273. The fourth-order valence-corrected chi connectivity index (χ4v) is 4.76. The zero-order valence-electron chi connectivity index (χ0n) is 25.8. The molecule has 3 N–H and O–H groups in total. The number of hydrogen-bond donors (Lipinski definition) is 3. The van der Waals surface area contributed by atoms with Crippen LogP contribution in [0.25, 0.3) is 0 Å². The molecule has 46 heavy (non-hydrogen) atoms. The Morgan fingerprint density at radius 3 is 2.39 bits per heavy atom. The molecule has 0 fully saturated rings. The number of amides is 3. The zero-order chi connectivity index (χ0) is 33.1. The third kappa shape index (κ3) is 9.00. The van der Waals surface area contributed by atoms with E-state index in [1.807, 2.05) is 31.2 Å². The van der Waals surface area contributed by atoms with Crippen molar-refractivity contribution in [1.29, 1.82) is 0 Å². The number of nitrogens with one attached hydrogen (secondary N) is 3. The van der Waals surface area contributed by atoms with Crippen LogP contribution in [0, 0.1) is 0 Å². The van der Waals surface area contributed by atoms with Gasteiger partial charge in [-0.2, -0.15) is 5.10 Å². The average Bonchev–Trinajstić information content (AvgIpc) is 3.04. The van der Waals surface area contributed by atoms with Crippen LogP contribution >= 0.6 is 15.9 Å². The van der Waals surface area contributed by atoms with Crippen molar-refractivity contribution < 1.29 is 38.1 Å². The second kappa shape index (κ2) is 16.3. The summed E-state index contributed by atoms with van der Waals surface area (Å²) < 4.78 is 29.0. The van der Waals surface area contributed by atoms with Gasteiger partial charge in [-0.25, -0.2) is 15.0 Å². The van der Waals surface area contributed by atoms with Gasteiger partial charge in [0.15, 0.2) is 29.6 Å². The molecule has 3 amide bonds. The normalized spacial score (nSPS) is 14.3. The Labute approximate surface area is 275 Å². The first kappa shape index (κ1) is 33.8. The van der Waals surface area contributed by atoms with Gasteiger partial charge >= 0.3 is 12.0 Å². The molecule has 0 aliphatic carbocycles. The van der Waals surface area contributed by atoms with Gasteiger partial charge in [-0.3, -0.25) is 4.79 Å². The number of urea groups is 1. The molecule has 0 radical (unpaired) electrons. The van der Waals surface area contributed by atoms with Gasteiger partial charge in [0.25, 0.3) is 5.91 Å². The summed E-state index contributed by atoms with van der Waals surface area (Å²) in [7, 11) is 1.44. The van der Waals surface area contributed by atoms with Crippen molar-refractivity contribution in [3.05, 3.63) is 93.1 Å². The predicted octanol–water partition coefficient (Wildman–Crippen LogP) is 5.16. The zero-order valence-corrected chi connectivity index (χ0v) is 27.4. The first-order valence-electron chi connectivity index (χ1n) is 14.4. The number of benzene rings is 3. The van der Waals surface area contributed by atoms with Crippen LogP contribution in [0.4, 0.5) is 4.79 Å². The molecule has 1 aliphatic heterocycles. The summed E-state index contributed by atoms with van der Waals surface area (Å²) in [4.78, 5) is 37.3. The third-order valence-corrected chi connectivity index (χ3v) is 7.15. The van der Waals surface area contributed by atoms with Crippen LogP contribution in [-0.4, -0.2) is 51.1 Å². The molecule has 3 aromatic rings. The maximum atomic E-state index is 12.6. The number of halogens is 1. The number of hydrazone groups is 1. The number of carbonyl (C=O) groups excluding carboxylic acids is 3. The largest absolute Gasteiger partial charge is 0.493 e. The third-order valence-electron chi connectivity index (χ3n) is 6.62. The molecular formula is C33H35BrN4O8. The predicted molar refractivity (Wildman–Crippen MR) is 174 cm³/mol. The number of rotatable bonds is 14. The van der Waals surface area contributed by atoms with Gasteiger partial charge in [-0.05, 0) is 79.9 Å². The average molecular weight is 696 g/mol. The van der Waals surface area contributed by atoms with Crippen molar-refractivity contribution in [2.24, 2.45) is 5.10 Å². The second-order valence-corrected chi connectivity index (χ2v) is 10.8. The van der Waals surface area contributed by atoms with E-state index in [-0.39, 0.29) is 24.5 Å². The molecule has 12 nitrogen and oxygen atoms in total. The highest BCUT2D eigenvalue weighted by molar-refractivity contribution is 9.10. The minimum Gasteiger partial charge on any atom is -0.493 e. The Kier molecular flexibility index (Phi) is 12.0. The maximum absolute atomic E-state index is 12.6. The number of methoxy groups -OCH3 is 1. The number of esters is 1. The van der Waals surface area contributed by atoms with E-state index in [4.69, 9.17) is 23.7 Å². The number of nitrogens with zero attached hydrogens (tertiary/aromatic N) is 1. The van der Waals surface area contributed by atoms with Crippen LogP contribution in [0.15, 0.2) is 81.5 Å². The molecule has 4 rings (SSSR count). The van der Waals surface area contributed by atoms with Crippen LogP contribution in [0.5, 0.6) is 23.0 Å². The maximum Gasteiger partial charge on any atom is 0.338 e. The summed E-state index contributed by atoms with van der Waals surface area (Å²) in [6.07, 6.45) is 1.48. The van der Waals surface area contributed by atoms with Gasteiger partial charge in [0.05, 0.1) is 38.2 Å². The SMILES string of the molecule is CCOC(=O)C1=C(C)NC(=O)N[C@@H]1c1ccc(OCC(=O)N/N=C\c2ccc(OCc3ccc(Br)cc3)c(OCC)c2)c(OC)c1. The minimum atomic E-state index is -0.774. The first-order chi connectivity index (χ1) is 22.2. The molecule has 0 aromatic heterocycles. The van der Waals surface area contributed by atoms with E-state index in [9.17, 15) is 14.4 Å². The lowest BCUT2D eigenvalue weighted by Gasteiger charge is -2.28. The molecule has 13 heteroatoms.